The average Bonchev–Trinajstić information content (AvgIpc) is 2.63. The van der Waals surface area contributed by atoms with Crippen molar-refractivity contribution in [1.82, 2.24) is 5.32 Å². The third kappa shape index (κ3) is 4.97. The summed E-state index contributed by atoms with van der Waals surface area (Å²) in [4.78, 5) is 11.6. The van der Waals surface area contributed by atoms with E-state index in [1.54, 1.807) is 31.2 Å². The van der Waals surface area contributed by atoms with E-state index in [1.807, 2.05) is 0 Å². The van der Waals surface area contributed by atoms with Gasteiger partial charge in [0.1, 0.15) is 5.75 Å². The molecule has 2 aromatic carbocycles. The molecule has 0 saturated heterocycles. The molecule has 6 nitrogen and oxygen atoms in total. The third-order valence-electron chi connectivity index (χ3n) is 3.58. The first kappa shape index (κ1) is 20.2. The molecule has 0 amide bonds. The molecule has 0 atom stereocenters. The van der Waals surface area contributed by atoms with Crippen molar-refractivity contribution in [3.63, 3.8) is 0 Å². The summed E-state index contributed by atoms with van der Waals surface area (Å²) in [6, 6.07) is 10.7. The highest BCUT2D eigenvalue weighted by Gasteiger charge is 2.22. The van der Waals surface area contributed by atoms with Gasteiger partial charge in [-0.05, 0) is 48.9 Å². The summed E-state index contributed by atoms with van der Waals surface area (Å²) in [6.45, 7) is 2.17. The molecule has 26 heavy (non-hydrogen) atoms. The predicted molar refractivity (Wildman–Crippen MR) is 98.2 cm³/mol. The summed E-state index contributed by atoms with van der Waals surface area (Å²) in [5.74, 6) is 0.160. The van der Waals surface area contributed by atoms with E-state index in [9.17, 15) is 13.2 Å². The van der Waals surface area contributed by atoms with Crippen molar-refractivity contribution in [3.8, 4) is 5.75 Å². The molecular formula is C18H20ClNO5S. The molecule has 2 aromatic rings. The molecule has 0 saturated carbocycles. The summed E-state index contributed by atoms with van der Waals surface area (Å²) < 4.78 is 35.9. The Morgan fingerprint density at radius 1 is 1.15 bits per heavy atom. The van der Waals surface area contributed by atoms with Crippen LogP contribution in [0.3, 0.4) is 0 Å². The summed E-state index contributed by atoms with van der Waals surface area (Å²) in [7, 11) is -2.27. The standard InChI is InChI=1S/C18H20ClNO5S/c1-3-25-18(21)12-20-11-13-4-5-14(19)10-17(13)26(22,23)16-8-6-15(24-2)7-9-16/h4-10,20H,3,11-12H2,1-2H3. The maximum Gasteiger partial charge on any atom is 0.319 e. The van der Waals surface area contributed by atoms with Crippen LogP contribution in [0, 0.1) is 0 Å². The van der Waals surface area contributed by atoms with E-state index in [2.05, 4.69) is 5.32 Å². The van der Waals surface area contributed by atoms with E-state index in [0.717, 1.165) is 0 Å². The number of carbonyl (C=O) groups excluding carboxylic acids is 1. The number of nitrogens with one attached hydrogen (secondary N) is 1. The molecule has 0 radical (unpaired) electrons. The van der Waals surface area contributed by atoms with Crippen molar-refractivity contribution in [2.45, 2.75) is 23.3 Å². The zero-order valence-corrected chi connectivity index (χ0v) is 16.1. The highest BCUT2D eigenvalue weighted by molar-refractivity contribution is 7.91. The second-order valence-electron chi connectivity index (χ2n) is 5.34. The number of methoxy groups -OCH3 is 1. The zero-order chi connectivity index (χ0) is 19.2. The van der Waals surface area contributed by atoms with Crippen LogP contribution in [0.5, 0.6) is 5.75 Å². The SMILES string of the molecule is CCOC(=O)CNCc1ccc(Cl)cc1S(=O)(=O)c1ccc(OC)cc1. The van der Waals surface area contributed by atoms with Gasteiger partial charge in [-0.2, -0.15) is 0 Å². The van der Waals surface area contributed by atoms with Crippen molar-refractivity contribution in [2.24, 2.45) is 0 Å². The van der Waals surface area contributed by atoms with Crippen molar-refractivity contribution in [1.29, 1.82) is 0 Å². The number of halogens is 1. The minimum Gasteiger partial charge on any atom is -0.497 e. The van der Waals surface area contributed by atoms with Gasteiger partial charge in [0, 0.05) is 11.6 Å². The minimum absolute atomic E-state index is 0.0154. The molecule has 0 fully saturated rings. The lowest BCUT2D eigenvalue weighted by Crippen LogP contribution is -2.25. The van der Waals surface area contributed by atoms with Gasteiger partial charge in [0.15, 0.2) is 0 Å². The second kappa shape index (κ2) is 9.02. The van der Waals surface area contributed by atoms with Crippen molar-refractivity contribution in [2.75, 3.05) is 20.3 Å². The summed E-state index contributed by atoms with van der Waals surface area (Å²) >= 11 is 6.00. The van der Waals surface area contributed by atoms with Gasteiger partial charge >= 0.3 is 5.97 Å². The smallest absolute Gasteiger partial charge is 0.319 e. The maximum absolute atomic E-state index is 13.0. The maximum atomic E-state index is 13.0. The van der Waals surface area contributed by atoms with Gasteiger partial charge in [-0.25, -0.2) is 8.42 Å². The highest BCUT2D eigenvalue weighted by atomic mass is 35.5. The van der Waals surface area contributed by atoms with Gasteiger partial charge in [0.05, 0.1) is 30.1 Å². The topological polar surface area (TPSA) is 81.7 Å². The predicted octanol–water partition coefficient (Wildman–Crippen LogP) is 2.83. The van der Waals surface area contributed by atoms with Crippen LogP contribution in [0.2, 0.25) is 5.02 Å². The van der Waals surface area contributed by atoms with Crippen LogP contribution in [-0.4, -0.2) is 34.6 Å². The zero-order valence-electron chi connectivity index (χ0n) is 14.5. The van der Waals surface area contributed by atoms with Crippen LogP contribution in [-0.2, 0) is 25.9 Å². The number of rotatable bonds is 8. The van der Waals surface area contributed by atoms with Crippen molar-refractivity contribution < 1.29 is 22.7 Å². The van der Waals surface area contributed by atoms with Crippen LogP contribution in [0.1, 0.15) is 12.5 Å². The molecule has 0 aliphatic heterocycles. The molecule has 140 valence electrons. The van der Waals surface area contributed by atoms with Crippen LogP contribution in [0.4, 0.5) is 0 Å². The molecule has 0 spiro atoms. The average molecular weight is 398 g/mol. The molecule has 0 bridgehead atoms. The summed E-state index contributed by atoms with van der Waals surface area (Å²) in [6.07, 6.45) is 0. The van der Waals surface area contributed by atoms with Crippen LogP contribution < -0.4 is 10.1 Å². The van der Waals surface area contributed by atoms with E-state index < -0.39 is 15.8 Å². The fourth-order valence-corrected chi connectivity index (χ4v) is 4.07. The Labute approximate surface area is 158 Å². The van der Waals surface area contributed by atoms with E-state index in [1.165, 1.54) is 25.3 Å². The molecule has 0 aliphatic carbocycles. The number of benzene rings is 2. The largest absolute Gasteiger partial charge is 0.497 e. The first-order chi connectivity index (χ1) is 12.4. The monoisotopic (exact) mass is 397 g/mol. The Bertz CT molecular complexity index is 866. The van der Waals surface area contributed by atoms with Crippen LogP contribution in [0.25, 0.3) is 0 Å². The molecule has 1 N–H and O–H groups in total. The normalized spacial score (nSPS) is 11.2. The molecule has 0 heterocycles. The molecule has 2 rings (SSSR count). The number of hydrogen-bond donors (Lipinski definition) is 1. The number of esters is 1. The van der Waals surface area contributed by atoms with Gasteiger partial charge < -0.3 is 14.8 Å². The minimum atomic E-state index is -3.77. The van der Waals surface area contributed by atoms with E-state index in [0.29, 0.717) is 22.9 Å². The number of sulfone groups is 1. The van der Waals surface area contributed by atoms with Crippen molar-refractivity contribution >= 4 is 27.4 Å². The van der Waals surface area contributed by atoms with Gasteiger partial charge in [-0.1, -0.05) is 17.7 Å². The lowest BCUT2D eigenvalue weighted by molar-refractivity contribution is -0.142. The second-order valence-corrected chi connectivity index (χ2v) is 7.69. The molecule has 0 aliphatic rings. The van der Waals surface area contributed by atoms with Gasteiger partial charge in [-0.15, -0.1) is 0 Å². The number of hydrogen-bond acceptors (Lipinski definition) is 6. The fourth-order valence-electron chi connectivity index (χ4n) is 2.32. The molecular weight excluding hydrogens is 378 g/mol. The summed E-state index contributed by atoms with van der Waals surface area (Å²) in [5, 5.41) is 3.20. The van der Waals surface area contributed by atoms with E-state index in [-0.39, 0.29) is 22.9 Å². The Hall–Kier alpha value is -2.09. The Kier molecular flexibility index (Phi) is 7.02. The first-order valence-electron chi connectivity index (χ1n) is 7.92. The summed E-state index contributed by atoms with van der Waals surface area (Å²) in [5.41, 5.74) is 0.509. The fraction of sp³-hybridized carbons (Fsp3) is 0.278. The lowest BCUT2D eigenvalue weighted by Gasteiger charge is -2.12. The van der Waals surface area contributed by atoms with E-state index in [4.69, 9.17) is 21.1 Å². The third-order valence-corrected chi connectivity index (χ3v) is 5.67. The van der Waals surface area contributed by atoms with Crippen LogP contribution >= 0.6 is 11.6 Å². The first-order valence-corrected chi connectivity index (χ1v) is 9.78. The van der Waals surface area contributed by atoms with E-state index >= 15 is 0 Å². The van der Waals surface area contributed by atoms with Gasteiger partial charge in [-0.3, -0.25) is 4.79 Å². The molecule has 0 unspecified atom stereocenters. The lowest BCUT2D eigenvalue weighted by atomic mass is 10.2. The van der Waals surface area contributed by atoms with Crippen LogP contribution in [0.15, 0.2) is 52.3 Å². The van der Waals surface area contributed by atoms with Gasteiger partial charge in [0.2, 0.25) is 9.84 Å². The molecule has 0 aromatic heterocycles. The molecule has 8 heteroatoms. The van der Waals surface area contributed by atoms with Gasteiger partial charge in [0.25, 0.3) is 0 Å². The quantitative estimate of drug-likeness (QED) is 0.690. The number of carbonyl (C=O) groups is 1. The Morgan fingerprint density at radius 2 is 1.85 bits per heavy atom. The Balaban J connectivity index is 2.28. The Morgan fingerprint density at radius 3 is 2.46 bits per heavy atom. The number of ether oxygens (including phenoxy) is 2. The van der Waals surface area contributed by atoms with Crippen molar-refractivity contribution in [3.05, 3.63) is 53.1 Å². The highest BCUT2D eigenvalue weighted by Crippen LogP contribution is 2.28.